The standard InChI is InChI=1S/C22H32N2O2/c1-22(2,3)19-11-9-18(10-12-19)21(26)24-16-14-20(25)23-15-13-17-7-5-4-6-8-17/h7,9-12H,4-6,8,13-16H2,1-3H3,(H,23,25)(H,24,26). The predicted molar refractivity (Wildman–Crippen MR) is 106 cm³/mol. The van der Waals surface area contributed by atoms with Crippen molar-refractivity contribution in [1.82, 2.24) is 10.6 Å². The number of nitrogens with one attached hydrogen (secondary N) is 2. The molecule has 2 rings (SSSR count). The monoisotopic (exact) mass is 356 g/mol. The highest BCUT2D eigenvalue weighted by Crippen LogP contribution is 2.22. The third-order valence-corrected chi connectivity index (χ3v) is 4.80. The normalized spacial score (nSPS) is 14.5. The first-order valence-corrected chi connectivity index (χ1v) is 9.69. The van der Waals surface area contributed by atoms with Crippen molar-refractivity contribution in [3.8, 4) is 0 Å². The first kappa shape index (κ1) is 20.2. The van der Waals surface area contributed by atoms with Gasteiger partial charge < -0.3 is 10.6 Å². The molecule has 1 aromatic rings. The van der Waals surface area contributed by atoms with Crippen molar-refractivity contribution in [2.45, 2.75) is 64.7 Å². The zero-order valence-electron chi connectivity index (χ0n) is 16.4. The van der Waals surface area contributed by atoms with E-state index in [9.17, 15) is 9.59 Å². The van der Waals surface area contributed by atoms with Crippen molar-refractivity contribution in [3.63, 3.8) is 0 Å². The minimum Gasteiger partial charge on any atom is -0.356 e. The van der Waals surface area contributed by atoms with Gasteiger partial charge in [-0.05, 0) is 55.2 Å². The Balaban J connectivity index is 1.65. The van der Waals surface area contributed by atoms with Crippen molar-refractivity contribution in [2.75, 3.05) is 13.1 Å². The summed E-state index contributed by atoms with van der Waals surface area (Å²) in [6.45, 7) is 7.48. The quantitative estimate of drug-likeness (QED) is 0.722. The summed E-state index contributed by atoms with van der Waals surface area (Å²) in [4.78, 5) is 24.0. The van der Waals surface area contributed by atoms with E-state index in [0.717, 1.165) is 6.42 Å². The fourth-order valence-electron chi connectivity index (χ4n) is 3.10. The number of benzene rings is 1. The molecule has 4 heteroatoms. The van der Waals surface area contributed by atoms with Gasteiger partial charge in [-0.3, -0.25) is 9.59 Å². The van der Waals surface area contributed by atoms with Crippen LogP contribution >= 0.6 is 0 Å². The van der Waals surface area contributed by atoms with E-state index in [1.807, 2.05) is 24.3 Å². The first-order valence-electron chi connectivity index (χ1n) is 9.69. The van der Waals surface area contributed by atoms with E-state index < -0.39 is 0 Å². The molecule has 0 saturated heterocycles. The summed E-state index contributed by atoms with van der Waals surface area (Å²) < 4.78 is 0. The van der Waals surface area contributed by atoms with Crippen LogP contribution in [0.1, 0.15) is 75.2 Å². The van der Waals surface area contributed by atoms with Gasteiger partial charge >= 0.3 is 0 Å². The van der Waals surface area contributed by atoms with E-state index >= 15 is 0 Å². The minimum absolute atomic E-state index is 0.00945. The topological polar surface area (TPSA) is 58.2 Å². The molecule has 2 N–H and O–H groups in total. The molecule has 0 aliphatic heterocycles. The van der Waals surface area contributed by atoms with Crippen LogP contribution in [0.4, 0.5) is 0 Å². The maximum Gasteiger partial charge on any atom is 0.251 e. The molecule has 0 spiro atoms. The van der Waals surface area contributed by atoms with Gasteiger partial charge in [-0.1, -0.05) is 44.6 Å². The molecule has 0 aromatic heterocycles. The second-order valence-electron chi connectivity index (χ2n) is 8.04. The lowest BCUT2D eigenvalue weighted by Gasteiger charge is -2.19. The van der Waals surface area contributed by atoms with Gasteiger partial charge in [-0.25, -0.2) is 0 Å². The number of hydrogen-bond acceptors (Lipinski definition) is 2. The summed E-state index contributed by atoms with van der Waals surface area (Å²) in [5.74, 6) is -0.143. The van der Waals surface area contributed by atoms with Gasteiger partial charge in [0.15, 0.2) is 0 Å². The first-order chi connectivity index (χ1) is 12.4. The average Bonchev–Trinajstić information content (AvgIpc) is 2.62. The van der Waals surface area contributed by atoms with Gasteiger partial charge in [-0.15, -0.1) is 0 Å². The lowest BCUT2D eigenvalue weighted by molar-refractivity contribution is -0.120. The minimum atomic E-state index is -0.134. The fraction of sp³-hybridized carbons (Fsp3) is 0.545. The van der Waals surface area contributed by atoms with Crippen LogP contribution in [0.2, 0.25) is 0 Å². The zero-order valence-corrected chi connectivity index (χ0v) is 16.4. The molecule has 0 atom stereocenters. The van der Waals surface area contributed by atoms with Crippen LogP contribution in [0.25, 0.3) is 0 Å². The molecule has 142 valence electrons. The third kappa shape index (κ3) is 6.66. The number of allylic oxidation sites excluding steroid dienone is 1. The second kappa shape index (κ2) is 9.56. The van der Waals surface area contributed by atoms with Crippen LogP contribution in [-0.2, 0) is 10.2 Å². The number of rotatable bonds is 7. The largest absolute Gasteiger partial charge is 0.356 e. The summed E-state index contributed by atoms with van der Waals surface area (Å²) in [5, 5.41) is 5.75. The number of carbonyl (C=O) groups excluding carboxylic acids is 2. The van der Waals surface area contributed by atoms with E-state index in [2.05, 4.69) is 37.5 Å². The van der Waals surface area contributed by atoms with Crippen molar-refractivity contribution < 1.29 is 9.59 Å². The van der Waals surface area contributed by atoms with E-state index in [1.165, 1.54) is 36.8 Å². The van der Waals surface area contributed by atoms with Crippen molar-refractivity contribution in [1.29, 1.82) is 0 Å². The molecule has 0 heterocycles. The predicted octanol–water partition coefficient (Wildman–Crippen LogP) is 4.11. The van der Waals surface area contributed by atoms with Gasteiger partial charge in [-0.2, -0.15) is 0 Å². The molecular weight excluding hydrogens is 324 g/mol. The SMILES string of the molecule is CC(C)(C)c1ccc(C(=O)NCCC(=O)NCCC2=CCCCC2)cc1. The Morgan fingerprint density at radius 3 is 2.35 bits per heavy atom. The molecule has 4 nitrogen and oxygen atoms in total. The maximum absolute atomic E-state index is 12.2. The number of carbonyl (C=O) groups is 2. The number of hydrogen-bond donors (Lipinski definition) is 2. The Kier molecular flexibility index (Phi) is 7.43. The highest BCUT2D eigenvalue weighted by molar-refractivity contribution is 5.94. The molecule has 0 fully saturated rings. The highest BCUT2D eigenvalue weighted by Gasteiger charge is 2.14. The van der Waals surface area contributed by atoms with Gasteiger partial charge in [0.05, 0.1) is 0 Å². The van der Waals surface area contributed by atoms with E-state index in [4.69, 9.17) is 0 Å². The summed E-state index contributed by atoms with van der Waals surface area (Å²) >= 11 is 0. The average molecular weight is 357 g/mol. The summed E-state index contributed by atoms with van der Waals surface area (Å²) in [6.07, 6.45) is 8.45. The van der Waals surface area contributed by atoms with E-state index in [0.29, 0.717) is 25.1 Å². The highest BCUT2D eigenvalue weighted by atomic mass is 16.2. The third-order valence-electron chi connectivity index (χ3n) is 4.80. The summed E-state index contributed by atoms with van der Waals surface area (Å²) in [7, 11) is 0. The maximum atomic E-state index is 12.2. The van der Waals surface area contributed by atoms with Gasteiger partial charge in [0, 0.05) is 25.1 Å². The molecular formula is C22H32N2O2. The van der Waals surface area contributed by atoms with Crippen LogP contribution in [0.15, 0.2) is 35.9 Å². The van der Waals surface area contributed by atoms with Crippen LogP contribution in [-0.4, -0.2) is 24.9 Å². The van der Waals surface area contributed by atoms with Crippen molar-refractivity contribution in [3.05, 3.63) is 47.0 Å². The van der Waals surface area contributed by atoms with Gasteiger partial charge in [0.25, 0.3) is 5.91 Å². The molecule has 0 saturated carbocycles. The van der Waals surface area contributed by atoms with E-state index in [-0.39, 0.29) is 17.2 Å². The Labute approximate surface area is 157 Å². The fourth-order valence-corrected chi connectivity index (χ4v) is 3.10. The molecule has 0 radical (unpaired) electrons. The van der Waals surface area contributed by atoms with Crippen LogP contribution in [0.5, 0.6) is 0 Å². The Bertz CT molecular complexity index is 639. The Morgan fingerprint density at radius 2 is 1.73 bits per heavy atom. The zero-order chi connectivity index (χ0) is 19.0. The Hall–Kier alpha value is -2.10. The lowest BCUT2D eigenvalue weighted by Crippen LogP contribution is -2.31. The van der Waals surface area contributed by atoms with Gasteiger partial charge in [0.2, 0.25) is 5.91 Å². The van der Waals surface area contributed by atoms with Crippen molar-refractivity contribution in [2.24, 2.45) is 0 Å². The molecule has 0 bridgehead atoms. The second-order valence-corrected chi connectivity index (χ2v) is 8.04. The van der Waals surface area contributed by atoms with E-state index in [1.54, 1.807) is 0 Å². The molecule has 1 aliphatic rings. The number of amides is 2. The van der Waals surface area contributed by atoms with Crippen LogP contribution < -0.4 is 10.6 Å². The smallest absolute Gasteiger partial charge is 0.251 e. The Morgan fingerprint density at radius 1 is 1.00 bits per heavy atom. The van der Waals surface area contributed by atoms with Crippen molar-refractivity contribution >= 4 is 11.8 Å². The van der Waals surface area contributed by atoms with Crippen LogP contribution in [0, 0.1) is 0 Å². The molecule has 1 aromatic carbocycles. The summed E-state index contributed by atoms with van der Waals surface area (Å²) in [6, 6.07) is 7.66. The molecule has 26 heavy (non-hydrogen) atoms. The lowest BCUT2D eigenvalue weighted by atomic mass is 9.87. The molecule has 1 aliphatic carbocycles. The summed E-state index contributed by atoms with van der Waals surface area (Å²) in [5.41, 5.74) is 3.36. The van der Waals surface area contributed by atoms with Crippen LogP contribution in [0.3, 0.4) is 0 Å². The molecule has 2 amide bonds. The van der Waals surface area contributed by atoms with Gasteiger partial charge in [0.1, 0.15) is 0 Å². The molecule has 0 unspecified atom stereocenters.